The predicted octanol–water partition coefficient (Wildman–Crippen LogP) is 3.69. The van der Waals surface area contributed by atoms with Gasteiger partial charge in [-0.3, -0.25) is 4.98 Å². The first-order chi connectivity index (χ1) is 12.5. The zero-order valence-corrected chi connectivity index (χ0v) is 13.4. The van der Waals surface area contributed by atoms with E-state index in [1.165, 1.54) is 18.5 Å². The number of aromatic nitrogens is 3. The summed E-state index contributed by atoms with van der Waals surface area (Å²) in [7, 11) is 0. The Morgan fingerprint density at radius 3 is 2.62 bits per heavy atom. The van der Waals surface area contributed by atoms with Crippen LogP contribution >= 0.6 is 0 Å². The number of nitrogens with zero attached hydrogens (tertiary/aromatic N) is 3. The second kappa shape index (κ2) is 7.52. The molecule has 3 heterocycles. The summed E-state index contributed by atoms with van der Waals surface area (Å²) in [6.45, 7) is -0.178. The maximum absolute atomic E-state index is 13.2. The first-order valence-corrected chi connectivity index (χ1v) is 7.76. The summed E-state index contributed by atoms with van der Waals surface area (Å²) in [4.78, 5) is 11.7. The van der Waals surface area contributed by atoms with Gasteiger partial charge in [0.05, 0.1) is 12.3 Å². The molecule has 0 aliphatic rings. The molecule has 1 unspecified atom stereocenters. The SMILES string of the molecule is OCCC(Nc1cc(C(F)(F)F)nc(-c2ccccn2)n1)c1ccco1. The summed E-state index contributed by atoms with van der Waals surface area (Å²) in [5, 5.41) is 12.1. The van der Waals surface area contributed by atoms with Gasteiger partial charge in [0.25, 0.3) is 0 Å². The third kappa shape index (κ3) is 4.17. The van der Waals surface area contributed by atoms with Gasteiger partial charge in [-0.1, -0.05) is 6.07 Å². The molecule has 2 N–H and O–H groups in total. The highest BCUT2D eigenvalue weighted by atomic mass is 19.4. The van der Waals surface area contributed by atoms with Crippen molar-refractivity contribution in [3.63, 3.8) is 0 Å². The molecule has 0 spiro atoms. The molecule has 0 amide bonds. The number of aliphatic hydroxyl groups excluding tert-OH is 1. The highest BCUT2D eigenvalue weighted by Crippen LogP contribution is 2.31. The van der Waals surface area contributed by atoms with Gasteiger partial charge < -0.3 is 14.8 Å². The Hall–Kier alpha value is -2.94. The molecule has 136 valence electrons. The van der Waals surface area contributed by atoms with Crippen LogP contribution in [0.4, 0.5) is 19.0 Å². The molecule has 3 rings (SSSR count). The zero-order valence-electron chi connectivity index (χ0n) is 13.4. The Kier molecular flexibility index (Phi) is 5.17. The number of pyridine rings is 1. The van der Waals surface area contributed by atoms with Gasteiger partial charge in [-0.05, 0) is 30.7 Å². The lowest BCUT2D eigenvalue weighted by molar-refractivity contribution is -0.141. The van der Waals surface area contributed by atoms with Crippen LogP contribution in [0, 0.1) is 0 Å². The van der Waals surface area contributed by atoms with Crippen LogP contribution in [0.15, 0.2) is 53.3 Å². The van der Waals surface area contributed by atoms with Crippen molar-refractivity contribution in [1.29, 1.82) is 0 Å². The number of aliphatic hydroxyl groups is 1. The predicted molar refractivity (Wildman–Crippen MR) is 87.0 cm³/mol. The van der Waals surface area contributed by atoms with Gasteiger partial charge in [0.2, 0.25) is 0 Å². The van der Waals surface area contributed by atoms with Gasteiger partial charge in [0, 0.05) is 18.9 Å². The minimum Gasteiger partial charge on any atom is -0.467 e. The van der Waals surface area contributed by atoms with E-state index in [0.717, 1.165) is 6.07 Å². The Balaban J connectivity index is 2.00. The van der Waals surface area contributed by atoms with E-state index in [2.05, 4.69) is 20.3 Å². The first kappa shape index (κ1) is 17.9. The van der Waals surface area contributed by atoms with E-state index in [9.17, 15) is 18.3 Å². The fourth-order valence-corrected chi connectivity index (χ4v) is 2.36. The summed E-state index contributed by atoms with van der Waals surface area (Å²) >= 11 is 0. The molecule has 0 aliphatic carbocycles. The fraction of sp³-hybridized carbons (Fsp3) is 0.235. The Morgan fingerprint density at radius 1 is 1.15 bits per heavy atom. The largest absolute Gasteiger partial charge is 0.467 e. The van der Waals surface area contributed by atoms with Crippen molar-refractivity contribution in [2.75, 3.05) is 11.9 Å². The summed E-state index contributed by atoms with van der Waals surface area (Å²) in [5.74, 6) is 0.290. The molecular formula is C17H15F3N4O2. The molecule has 26 heavy (non-hydrogen) atoms. The minimum absolute atomic E-state index is 0.0390. The monoisotopic (exact) mass is 364 g/mol. The molecule has 6 nitrogen and oxygen atoms in total. The lowest BCUT2D eigenvalue weighted by Crippen LogP contribution is -2.16. The van der Waals surface area contributed by atoms with Gasteiger partial charge in [-0.15, -0.1) is 0 Å². The standard InChI is InChI=1S/C17H15F3N4O2/c18-17(19,20)14-10-15(22-11(6-8-25)13-5-3-9-26-13)24-16(23-14)12-4-1-2-7-21-12/h1-5,7,9-11,25H,6,8H2,(H,22,23,24). The Morgan fingerprint density at radius 2 is 2.00 bits per heavy atom. The zero-order chi connectivity index (χ0) is 18.6. The van der Waals surface area contributed by atoms with Gasteiger partial charge in [0.1, 0.15) is 17.3 Å². The summed E-state index contributed by atoms with van der Waals surface area (Å²) < 4.78 is 45.0. The molecule has 3 aromatic heterocycles. The van der Waals surface area contributed by atoms with Gasteiger partial charge >= 0.3 is 6.18 Å². The van der Waals surface area contributed by atoms with Crippen LogP contribution in [0.3, 0.4) is 0 Å². The van der Waals surface area contributed by atoms with Crippen LogP contribution in [-0.2, 0) is 6.18 Å². The van der Waals surface area contributed by atoms with E-state index >= 15 is 0 Å². The Labute approximate surface area is 146 Å². The number of hydrogen-bond donors (Lipinski definition) is 2. The number of alkyl halides is 3. The molecule has 9 heteroatoms. The van der Waals surface area contributed by atoms with E-state index in [1.54, 1.807) is 24.3 Å². The molecule has 0 radical (unpaired) electrons. The smallest absolute Gasteiger partial charge is 0.433 e. The average molecular weight is 364 g/mol. The summed E-state index contributed by atoms with van der Waals surface area (Å²) in [5.41, 5.74) is -0.865. The molecular weight excluding hydrogens is 349 g/mol. The quantitative estimate of drug-likeness (QED) is 0.694. The topological polar surface area (TPSA) is 84.1 Å². The lowest BCUT2D eigenvalue weighted by Gasteiger charge is -2.18. The van der Waals surface area contributed by atoms with Crippen LogP contribution in [0.1, 0.15) is 23.9 Å². The number of furan rings is 1. The molecule has 0 fully saturated rings. The third-order valence-electron chi connectivity index (χ3n) is 3.54. The van der Waals surface area contributed by atoms with E-state index in [0.29, 0.717) is 5.76 Å². The van der Waals surface area contributed by atoms with Crippen LogP contribution in [-0.4, -0.2) is 26.7 Å². The highest BCUT2D eigenvalue weighted by molar-refractivity contribution is 5.53. The molecule has 0 aliphatic heterocycles. The third-order valence-corrected chi connectivity index (χ3v) is 3.54. The molecule has 0 aromatic carbocycles. The van der Waals surface area contributed by atoms with Crippen molar-refractivity contribution in [2.24, 2.45) is 0 Å². The van der Waals surface area contributed by atoms with Gasteiger partial charge in [-0.25, -0.2) is 9.97 Å². The van der Waals surface area contributed by atoms with E-state index < -0.39 is 17.9 Å². The van der Waals surface area contributed by atoms with E-state index in [1.807, 2.05) is 0 Å². The van der Waals surface area contributed by atoms with Crippen molar-refractivity contribution in [3.8, 4) is 11.5 Å². The fourth-order valence-electron chi connectivity index (χ4n) is 2.36. The molecule has 0 bridgehead atoms. The summed E-state index contributed by atoms with van der Waals surface area (Å²) in [6.07, 6.45) is -1.51. The van der Waals surface area contributed by atoms with Crippen molar-refractivity contribution >= 4 is 5.82 Å². The van der Waals surface area contributed by atoms with Crippen LogP contribution in [0.5, 0.6) is 0 Å². The number of halogens is 3. The van der Waals surface area contributed by atoms with E-state index in [-0.39, 0.29) is 30.4 Å². The van der Waals surface area contributed by atoms with Crippen LogP contribution in [0.2, 0.25) is 0 Å². The molecule has 1 atom stereocenters. The summed E-state index contributed by atoms with van der Waals surface area (Å²) in [6, 6.07) is 8.40. The van der Waals surface area contributed by atoms with Crippen molar-refractivity contribution in [2.45, 2.75) is 18.6 Å². The Bertz CT molecular complexity index is 839. The van der Waals surface area contributed by atoms with E-state index in [4.69, 9.17) is 4.42 Å². The molecule has 0 saturated carbocycles. The molecule has 0 saturated heterocycles. The van der Waals surface area contributed by atoms with Gasteiger partial charge in [0.15, 0.2) is 11.5 Å². The maximum atomic E-state index is 13.2. The van der Waals surface area contributed by atoms with Gasteiger partial charge in [-0.2, -0.15) is 13.2 Å². The molecule has 3 aromatic rings. The second-order valence-corrected chi connectivity index (χ2v) is 5.40. The normalized spacial score (nSPS) is 12.8. The number of anilines is 1. The lowest BCUT2D eigenvalue weighted by atomic mass is 10.1. The average Bonchev–Trinajstić information content (AvgIpc) is 3.16. The number of rotatable bonds is 6. The number of hydrogen-bond acceptors (Lipinski definition) is 6. The second-order valence-electron chi connectivity index (χ2n) is 5.40. The highest BCUT2D eigenvalue weighted by Gasteiger charge is 2.34. The van der Waals surface area contributed by atoms with Crippen LogP contribution in [0.25, 0.3) is 11.5 Å². The van der Waals surface area contributed by atoms with Crippen molar-refractivity contribution in [3.05, 3.63) is 60.3 Å². The first-order valence-electron chi connectivity index (χ1n) is 7.76. The van der Waals surface area contributed by atoms with Crippen LogP contribution < -0.4 is 5.32 Å². The number of nitrogens with one attached hydrogen (secondary N) is 1. The maximum Gasteiger partial charge on any atom is 0.433 e. The minimum atomic E-state index is -4.64. The van der Waals surface area contributed by atoms with Crippen molar-refractivity contribution in [1.82, 2.24) is 15.0 Å². The van der Waals surface area contributed by atoms with Crippen molar-refractivity contribution < 1.29 is 22.7 Å².